The van der Waals surface area contributed by atoms with E-state index in [1.54, 1.807) is 4.90 Å². The van der Waals surface area contributed by atoms with Gasteiger partial charge in [0.15, 0.2) is 0 Å². The Morgan fingerprint density at radius 2 is 1.69 bits per heavy atom. The van der Waals surface area contributed by atoms with E-state index < -0.39 is 10.0 Å². The number of carbonyl (C=O) groups excluding carboxylic acids is 1. The summed E-state index contributed by atoms with van der Waals surface area (Å²) in [5, 5.41) is 0. The van der Waals surface area contributed by atoms with Crippen molar-refractivity contribution < 1.29 is 18.0 Å². The van der Waals surface area contributed by atoms with Crippen molar-refractivity contribution in [3.05, 3.63) is 65.2 Å². The van der Waals surface area contributed by atoms with Crippen molar-refractivity contribution >= 4 is 15.9 Å². The summed E-state index contributed by atoms with van der Waals surface area (Å²) in [4.78, 5) is 19.3. The van der Waals surface area contributed by atoms with Gasteiger partial charge in [-0.1, -0.05) is 28.7 Å². The van der Waals surface area contributed by atoms with Gasteiger partial charge in [0.25, 0.3) is 15.9 Å². The Balaban J connectivity index is 2.22. The number of carbonyl (C=O) groups is 1. The smallest absolute Gasteiger partial charge is 0.264 e. The molecule has 0 heterocycles. The molecule has 6 nitrogen and oxygen atoms in total. The van der Waals surface area contributed by atoms with Gasteiger partial charge in [0.2, 0.25) is 0 Å². The van der Waals surface area contributed by atoms with Crippen LogP contribution in [0.25, 0.3) is 0 Å². The number of sulfonamides is 1. The molecule has 2 rings (SSSR count). The number of benzene rings is 2. The highest BCUT2D eigenvalue weighted by molar-refractivity contribution is 7.89. The van der Waals surface area contributed by atoms with Gasteiger partial charge in [-0.3, -0.25) is 9.63 Å². The summed E-state index contributed by atoms with van der Waals surface area (Å²) < 4.78 is 25.2. The van der Waals surface area contributed by atoms with Crippen molar-refractivity contribution in [2.75, 3.05) is 20.7 Å². The lowest BCUT2D eigenvalue weighted by Crippen LogP contribution is -2.30. The van der Waals surface area contributed by atoms with Crippen molar-refractivity contribution in [1.82, 2.24) is 9.37 Å². The van der Waals surface area contributed by atoms with E-state index in [9.17, 15) is 13.2 Å². The van der Waals surface area contributed by atoms with Gasteiger partial charge in [0.05, 0.1) is 12.0 Å². The minimum atomic E-state index is -3.73. The molecule has 0 saturated carbocycles. The molecule has 0 saturated heterocycles. The number of hydrogen-bond donors (Lipinski definition) is 0. The van der Waals surface area contributed by atoms with Crippen molar-refractivity contribution in [1.29, 1.82) is 0 Å². The van der Waals surface area contributed by atoms with E-state index in [1.807, 2.05) is 38.1 Å². The number of hydrogen-bond acceptors (Lipinski definition) is 4. The molecule has 0 aliphatic rings. The maximum absolute atomic E-state index is 12.8. The Labute approximate surface area is 155 Å². The van der Waals surface area contributed by atoms with Crippen molar-refractivity contribution in [2.24, 2.45) is 0 Å². The minimum absolute atomic E-state index is 0.0698. The van der Waals surface area contributed by atoms with E-state index in [1.165, 1.54) is 38.4 Å². The molecule has 26 heavy (non-hydrogen) atoms. The van der Waals surface area contributed by atoms with Gasteiger partial charge in [-0.05, 0) is 49.2 Å². The van der Waals surface area contributed by atoms with Crippen LogP contribution < -0.4 is 0 Å². The molecule has 0 spiro atoms. The monoisotopic (exact) mass is 376 g/mol. The Morgan fingerprint density at radius 1 is 1.08 bits per heavy atom. The van der Waals surface area contributed by atoms with Crippen molar-refractivity contribution in [3.8, 4) is 0 Å². The first-order valence-electron chi connectivity index (χ1n) is 8.28. The molecule has 0 atom stereocenters. The Hall–Kier alpha value is -2.22. The Kier molecular flexibility index (Phi) is 6.52. The van der Waals surface area contributed by atoms with Crippen LogP contribution in [0.5, 0.6) is 0 Å². The maximum atomic E-state index is 12.8. The zero-order chi connectivity index (χ0) is 19.3. The fraction of sp³-hybridized carbons (Fsp3) is 0.316. The maximum Gasteiger partial charge on any atom is 0.264 e. The first-order valence-corrected chi connectivity index (χ1v) is 9.72. The highest BCUT2D eigenvalue weighted by atomic mass is 32.2. The molecule has 0 aromatic heterocycles. The van der Waals surface area contributed by atoms with E-state index in [0.717, 1.165) is 15.6 Å². The van der Waals surface area contributed by atoms with Crippen LogP contribution in [0.4, 0.5) is 0 Å². The second-order valence-electron chi connectivity index (χ2n) is 5.87. The average Bonchev–Trinajstić information content (AvgIpc) is 2.66. The van der Waals surface area contributed by atoms with Crippen LogP contribution >= 0.6 is 0 Å². The molecule has 0 N–H and O–H groups in total. The van der Waals surface area contributed by atoms with E-state index in [2.05, 4.69) is 0 Å². The fourth-order valence-corrected chi connectivity index (χ4v) is 3.49. The summed E-state index contributed by atoms with van der Waals surface area (Å²) in [6.07, 6.45) is 0. The molecule has 0 unspecified atom stereocenters. The molecule has 7 heteroatoms. The fourth-order valence-electron chi connectivity index (χ4n) is 2.52. The standard InChI is InChI=1S/C19H24N2O4S/c1-5-21(14-17-9-7-6-8-15(17)2)19(22)16-10-12-18(13-11-16)26(23,24)20(3)25-4/h6-13H,5,14H2,1-4H3. The van der Waals surface area contributed by atoms with E-state index in [-0.39, 0.29) is 10.8 Å². The van der Waals surface area contributed by atoms with Gasteiger partial charge in [-0.2, -0.15) is 0 Å². The van der Waals surface area contributed by atoms with Crippen LogP contribution in [-0.4, -0.2) is 44.4 Å². The molecule has 2 aromatic rings. The predicted molar refractivity (Wildman–Crippen MR) is 100.0 cm³/mol. The van der Waals surface area contributed by atoms with Gasteiger partial charge in [0.1, 0.15) is 0 Å². The average molecular weight is 376 g/mol. The normalized spacial score (nSPS) is 11.6. The molecule has 0 bridgehead atoms. The minimum Gasteiger partial charge on any atom is -0.335 e. The molecule has 140 valence electrons. The lowest BCUT2D eigenvalue weighted by Gasteiger charge is -2.22. The third kappa shape index (κ3) is 4.30. The molecular formula is C19H24N2O4S. The third-order valence-electron chi connectivity index (χ3n) is 4.29. The first kappa shape index (κ1) is 20.1. The molecule has 0 aliphatic heterocycles. The van der Waals surface area contributed by atoms with Gasteiger partial charge < -0.3 is 4.90 Å². The zero-order valence-electron chi connectivity index (χ0n) is 15.5. The quantitative estimate of drug-likeness (QED) is 0.697. The lowest BCUT2D eigenvalue weighted by atomic mass is 10.1. The van der Waals surface area contributed by atoms with Crippen LogP contribution in [0, 0.1) is 6.92 Å². The summed E-state index contributed by atoms with van der Waals surface area (Å²) in [6, 6.07) is 13.8. The van der Waals surface area contributed by atoms with Crippen LogP contribution in [0.3, 0.4) is 0 Å². The van der Waals surface area contributed by atoms with Crippen molar-refractivity contribution in [3.63, 3.8) is 0 Å². The third-order valence-corrected chi connectivity index (χ3v) is 5.98. The first-order chi connectivity index (χ1) is 12.3. The zero-order valence-corrected chi connectivity index (χ0v) is 16.3. The Morgan fingerprint density at radius 3 is 2.23 bits per heavy atom. The number of rotatable bonds is 7. The summed E-state index contributed by atoms with van der Waals surface area (Å²) in [7, 11) is -1.13. The van der Waals surface area contributed by atoms with Gasteiger partial charge in [-0.15, -0.1) is 0 Å². The SMILES string of the molecule is CCN(Cc1ccccc1C)C(=O)c1ccc(S(=O)(=O)N(C)OC)cc1. The number of aryl methyl sites for hydroxylation is 1. The van der Waals surface area contributed by atoms with Crippen LogP contribution in [0.2, 0.25) is 0 Å². The lowest BCUT2D eigenvalue weighted by molar-refractivity contribution is -0.0258. The summed E-state index contributed by atoms with van der Waals surface area (Å²) in [5.74, 6) is -0.139. The van der Waals surface area contributed by atoms with Crippen LogP contribution in [-0.2, 0) is 21.4 Å². The van der Waals surface area contributed by atoms with E-state index in [4.69, 9.17) is 4.84 Å². The second kappa shape index (κ2) is 8.44. The van der Waals surface area contributed by atoms with Crippen LogP contribution in [0.1, 0.15) is 28.4 Å². The van der Waals surface area contributed by atoms with Crippen LogP contribution in [0.15, 0.2) is 53.4 Å². The predicted octanol–water partition coefficient (Wildman–Crippen LogP) is 2.84. The molecule has 0 fully saturated rings. The van der Waals surface area contributed by atoms with E-state index >= 15 is 0 Å². The van der Waals surface area contributed by atoms with Gasteiger partial charge in [-0.25, -0.2) is 8.42 Å². The largest absolute Gasteiger partial charge is 0.335 e. The highest BCUT2D eigenvalue weighted by Gasteiger charge is 2.22. The van der Waals surface area contributed by atoms with Gasteiger partial charge >= 0.3 is 0 Å². The molecule has 0 radical (unpaired) electrons. The second-order valence-corrected chi connectivity index (χ2v) is 7.80. The highest BCUT2D eigenvalue weighted by Crippen LogP contribution is 2.17. The number of amides is 1. The molecule has 1 amide bonds. The Bertz CT molecular complexity index is 863. The van der Waals surface area contributed by atoms with Gasteiger partial charge in [0, 0.05) is 25.7 Å². The molecular weight excluding hydrogens is 352 g/mol. The van der Waals surface area contributed by atoms with Crippen molar-refractivity contribution in [2.45, 2.75) is 25.3 Å². The summed E-state index contributed by atoms with van der Waals surface area (Å²) >= 11 is 0. The summed E-state index contributed by atoms with van der Waals surface area (Å²) in [5.41, 5.74) is 2.66. The topological polar surface area (TPSA) is 66.9 Å². The van der Waals surface area contributed by atoms with E-state index in [0.29, 0.717) is 18.7 Å². The number of nitrogens with zero attached hydrogens (tertiary/aromatic N) is 2. The molecule has 2 aromatic carbocycles. The molecule has 0 aliphatic carbocycles. The number of hydroxylamine groups is 1. The summed E-state index contributed by atoms with van der Waals surface area (Å²) in [6.45, 7) is 5.00.